The summed E-state index contributed by atoms with van der Waals surface area (Å²) >= 11 is -3.23. The van der Waals surface area contributed by atoms with Gasteiger partial charge in [0.2, 0.25) is 0 Å². The molecule has 4 unspecified atom stereocenters. The van der Waals surface area contributed by atoms with E-state index in [1.165, 1.54) is 84.7 Å². The van der Waals surface area contributed by atoms with Crippen molar-refractivity contribution < 1.29 is 44.8 Å². The Morgan fingerprint density at radius 3 is 1.29 bits per heavy atom. The molecule has 3 aliphatic carbocycles. The second-order valence-electron chi connectivity index (χ2n) is 16.5. The van der Waals surface area contributed by atoms with Crippen LogP contribution in [0.1, 0.15) is 145 Å². The van der Waals surface area contributed by atoms with Crippen LogP contribution in [0.25, 0.3) is 34.4 Å². The van der Waals surface area contributed by atoms with Gasteiger partial charge in [-0.3, -0.25) is 0 Å². The van der Waals surface area contributed by atoms with Crippen molar-refractivity contribution in [3.63, 3.8) is 0 Å². The summed E-state index contributed by atoms with van der Waals surface area (Å²) in [5.74, 6) is 1.12. The molecule has 1 saturated carbocycles. The summed E-state index contributed by atoms with van der Waals surface area (Å²) < 4.78 is 3.49. The van der Waals surface area contributed by atoms with Crippen molar-refractivity contribution in [3.05, 3.63) is 129 Å². The van der Waals surface area contributed by atoms with Gasteiger partial charge in [0, 0.05) is 0 Å². The molecule has 1 saturated heterocycles. The zero-order chi connectivity index (χ0) is 33.9. The molecular weight excluding hydrogens is 826 g/mol. The van der Waals surface area contributed by atoms with Crippen LogP contribution in [0.3, 0.4) is 0 Å². The van der Waals surface area contributed by atoms with Crippen LogP contribution in [0.4, 0.5) is 0 Å². The van der Waals surface area contributed by atoms with E-state index in [0.717, 1.165) is 14.7 Å². The van der Waals surface area contributed by atoms with Gasteiger partial charge >= 0.3 is 303 Å². The van der Waals surface area contributed by atoms with Crippen LogP contribution >= 0.6 is 0 Å². The molecule has 8 rings (SSSR count). The first-order valence-electron chi connectivity index (χ1n) is 19.8. The molecule has 4 aromatic rings. The van der Waals surface area contributed by atoms with Crippen molar-refractivity contribution in [2.24, 2.45) is 0 Å². The minimum absolute atomic E-state index is 0. The Morgan fingerprint density at radius 1 is 0.549 bits per heavy atom. The van der Waals surface area contributed by atoms with Crippen molar-refractivity contribution in [3.8, 4) is 22.3 Å². The summed E-state index contributed by atoms with van der Waals surface area (Å²) in [4.78, 5) is 0. The van der Waals surface area contributed by atoms with Crippen molar-refractivity contribution in [2.75, 3.05) is 0 Å². The van der Waals surface area contributed by atoms with Crippen LogP contribution in [0.2, 0.25) is 7.35 Å². The summed E-state index contributed by atoms with van der Waals surface area (Å²) in [5.41, 5.74) is 18.7. The number of halogens is 2. The first-order valence-corrected chi connectivity index (χ1v) is 28.0. The Bertz CT molecular complexity index is 1770. The Balaban J connectivity index is 0.00000224. The maximum atomic E-state index is 2.73. The molecule has 0 aromatic heterocycles. The van der Waals surface area contributed by atoms with Gasteiger partial charge in [-0.25, -0.2) is 0 Å². The Kier molecular flexibility index (Phi) is 11.8. The zero-order valence-corrected chi connectivity index (χ0v) is 36.7. The van der Waals surface area contributed by atoms with Gasteiger partial charge in [0.15, 0.2) is 0 Å². The van der Waals surface area contributed by atoms with Crippen molar-refractivity contribution in [1.82, 2.24) is 0 Å². The maximum Gasteiger partial charge on any atom is -1.00 e. The summed E-state index contributed by atoms with van der Waals surface area (Å²) in [6.45, 7) is 14.0. The van der Waals surface area contributed by atoms with Crippen LogP contribution in [0, 0.1) is 0 Å². The standard InChI is InChI=1S/2C21H23.C6H10.2ClH.Hf/c2*1-4-6-16-13-19-7-5-8-20(21(19)14-16)18-11-9-17(10-12-18)15(2)3;1-2-4-6-5-3-1;;;/h2*5,7-15H,4,6H2,1-3H3;1-2H,3-6H2;2*1H;/q;;;;;+2/p-2. The van der Waals surface area contributed by atoms with E-state index in [0.29, 0.717) is 11.8 Å². The molecule has 0 bridgehead atoms. The molecule has 0 N–H and O–H groups in total. The van der Waals surface area contributed by atoms with E-state index in [9.17, 15) is 0 Å². The fourth-order valence-corrected chi connectivity index (χ4v) is 46.4. The van der Waals surface area contributed by atoms with E-state index in [4.69, 9.17) is 0 Å². The van der Waals surface area contributed by atoms with E-state index in [-0.39, 0.29) is 24.8 Å². The quantitative estimate of drug-likeness (QED) is 0.140. The van der Waals surface area contributed by atoms with Crippen LogP contribution in [-0.4, -0.2) is 0 Å². The zero-order valence-electron chi connectivity index (χ0n) is 31.6. The van der Waals surface area contributed by atoms with Gasteiger partial charge in [-0.15, -0.1) is 0 Å². The number of hydrogen-bond acceptors (Lipinski definition) is 0. The van der Waals surface area contributed by atoms with Crippen molar-refractivity contribution in [1.29, 1.82) is 0 Å². The second kappa shape index (κ2) is 15.7. The molecule has 266 valence electrons. The third kappa shape index (κ3) is 6.44. The number of benzene rings is 4. The second-order valence-corrected chi connectivity index (χ2v) is 33.1. The molecular formula is C48H56Cl2Hf. The normalized spacial score (nSPS) is 23.0. The Labute approximate surface area is 325 Å². The van der Waals surface area contributed by atoms with E-state index in [2.05, 4.69) is 139 Å². The van der Waals surface area contributed by atoms with Crippen molar-refractivity contribution in [2.45, 2.75) is 119 Å². The molecule has 0 spiro atoms. The predicted molar refractivity (Wildman–Crippen MR) is 209 cm³/mol. The molecule has 0 amide bonds. The molecule has 4 aromatic carbocycles. The number of hydrogen-bond donors (Lipinski definition) is 0. The number of allylic oxidation sites excluding steroid dienone is 2. The van der Waals surface area contributed by atoms with Crippen LogP contribution in [0.15, 0.2) is 96.1 Å². The molecule has 2 fully saturated rings. The van der Waals surface area contributed by atoms with Gasteiger partial charge in [-0.2, -0.15) is 0 Å². The van der Waals surface area contributed by atoms with Crippen LogP contribution in [0.5, 0.6) is 0 Å². The average Bonchev–Trinajstić information content (AvgIpc) is 3.39. The number of fused-ring (bicyclic) bond motifs is 3. The van der Waals surface area contributed by atoms with Gasteiger partial charge in [-0.05, 0) is 0 Å². The smallest absolute Gasteiger partial charge is 1.00 e. The molecule has 3 heteroatoms. The Hall–Kier alpha value is -2.19. The summed E-state index contributed by atoms with van der Waals surface area (Å²) in [5, 5.41) is 0. The third-order valence-electron chi connectivity index (χ3n) is 13.1. The SMILES string of the molecule is CCCC1=Cc2c(-c3ccc(C(C)C)cc3)cccc2[CH]1[Hf+2]1([CH]2C(CCC)=Cc3c(-c4ccc(C(C)C)cc4)cccc32)[CH]2CCCC[CH]21.[Cl-].[Cl-]. The van der Waals surface area contributed by atoms with Gasteiger partial charge in [0.25, 0.3) is 0 Å². The molecule has 4 aliphatic rings. The van der Waals surface area contributed by atoms with E-state index in [1.807, 2.05) is 11.1 Å². The average molecular weight is 882 g/mol. The third-order valence-corrected chi connectivity index (χ3v) is 38.0. The number of rotatable bonds is 10. The molecule has 51 heavy (non-hydrogen) atoms. The molecule has 1 aliphatic heterocycles. The fourth-order valence-electron chi connectivity index (χ4n) is 11.0. The largest absolute Gasteiger partial charge is 1.00 e. The molecule has 0 radical (unpaired) electrons. The van der Waals surface area contributed by atoms with E-state index >= 15 is 0 Å². The van der Waals surface area contributed by atoms with E-state index in [1.54, 1.807) is 22.3 Å². The first kappa shape index (κ1) is 38.5. The first-order chi connectivity index (χ1) is 23.9. The van der Waals surface area contributed by atoms with Gasteiger partial charge in [0.1, 0.15) is 0 Å². The van der Waals surface area contributed by atoms with Gasteiger partial charge in [0.05, 0.1) is 0 Å². The van der Waals surface area contributed by atoms with E-state index < -0.39 is 20.0 Å². The van der Waals surface area contributed by atoms with Crippen LogP contribution < -0.4 is 24.8 Å². The van der Waals surface area contributed by atoms with Crippen LogP contribution in [-0.2, 0) is 20.0 Å². The molecule has 4 atom stereocenters. The molecule has 0 nitrogen and oxygen atoms in total. The van der Waals surface area contributed by atoms with Gasteiger partial charge < -0.3 is 24.8 Å². The maximum absolute atomic E-state index is 3.23. The summed E-state index contributed by atoms with van der Waals surface area (Å²) in [6, 6.07) is 33.9. The summed E-state index contributed by atoms with van der Waals surface area (Å²) in [7, 11) is 0. The fraction of sp³-hybridized carbons (Fsp3) is 0.417. The summed E-state index contributed by atoms with van der Waals surface area (Å²) in [6.07, 6.45) is 16.3. The minimum atomic E-state index is -3.23. The van der Waals surface area contributed by atoms with Crippen molar-refractivity contribution >= 4 is 12.2 Å². The minimum Gasteiger partial charge on any atom is -1.00 e. The molecule has 1 heterocycles. The Morgan fingerprint density at radius 2 is 0.941 bits per heavy atom. The topological polar surface area (TPSA) is 0 Å². The predicted octanol–water partition coefficient (Wildman–Crippen LogP) is 8.77. The monoisotopic (exact) mass is 882 g/mol. The van der Waals surface area contributed by atoms with Gasteiger partial charge in [-0.1, -0.05) is 0 Å².